The van der Waals surface area contributed by atoms with Crippen LogP contribution < -0.4 is 0 Å². The van der Waals surface area contributed by atoms with E-state index in [1.165, 1.54) is 0 Å². The topological polar surface area (TPSA) is 28.7 Å². The SMILES string of the molecule is [CH]C1=C(c2coc3ccccc23)N2CCN=C2S1. The average Bonchev–Trinajstić information content (AvgIpc) is 3.03. The molecule has 0 aliphatic carbocycles. The van der Waals surface area contributed by atoms with E-state index in [0.717, 1.165) is 45.4 Å². The zero-order chi connectivity index (χ0) is 12.1. The van der Waals surface area contributed by atoms with Crippen LogP contribution in [0.1, 0.15) is 5.56 Å². The minimum atomic E-state index is 0.806. The number of aliphatic imine (C=N–C) groups is 1. The fraction of sp³-hybridized carbons (Fsp3) is 0.143. The Hall–Kier alpha value is -1.68. The van der Waals surface area contributed by atoms with Crippen molar-refractivity contribution in [3.05, 3.63) is 47.9 Å². The van der Waals surface area contributed by atoms with Crippen LogP contribution in [0.2, 0.25) is 0 Å². The Morgan fingerprint density at radius 1 is 1.33 bits per heavy atom. The van der Waals surface area contributed by atoms with Crippen molar-refractivity contribution < 1.29 is 4.42 Å². The molecule has 18 heavy (non-hydrogen) atoms. The summed E-state index contributed by atoms with van der Waals surface area (Å²) in [4.78, 5) is 7.42. The summed E-state index contributed by atoms with van der Waals surface area (Å²) in [6.07, 6.45) is 1.79. The molecule has 2 aliphatic rings. The number of allylic oxidation sites excluding steroid dienone is 1. The summed E-state index contributed by atoms with van der Waals surface area (Å²) in [6.45, 7) is 7.87. The van der Waals surface area contributed by atoms with E-state index in [1.54, 1.807) is 18.0 Å². The molecule has 0 bridgehead atoms. The smallest absolute Gasteiger partial charge is 0.168 e. The minimum Gasteiger partial charge on any atom is -0.464 e. The third-order valence-corrected chi connectivity index (χ3v) is 4.19. The lowest BCUT2D eigenvalue weighted by atomic mass is 10.1. The number of benzene rings is 1. The molecule has 0 fully saturated rings. The van der Waals surface area contributed by atoms with Gasteiger partial charge in [0.25, 0.3) is 0 Å². The first kappa shape index (κ1) is 10.3. The summed E-state index contributed by atoms with van der Waals surface area (Å²) >= 11 is 1.54. The Labute approximate surface area is 109 Å². The van der Waals surface area contributed by atoms with Gasteiger partial charge in [-0.2, -0.15) is 0 Å². The summed E-state index contributed by atoms with van der Waals surface area (Å²) in [6, 6.07) is 8.01. The van der Waals surface area contributed by atoms with E-state index in [9.17, 15) is 0 Å². The van der Waals surface area contributed by atoms with Gasteiger partial charge in [-0.15, -0.1) is 0 Å². The molecule has 1 aromatic heterocycles. The lowest BCUT2D eigenvalue weighted by Crippen LogP contribution is -2.19. The molecule has 3 nitrogen and oxygen atoms in total. The molecular weight excluding hydrogens is 244 g/mol. The van der Waals surface area contributed by atoms with E-state index >= 15 is 0 Å². The maximum atomic E-state index is 6.13. The fourth-order valence-electron chi connectivity index (χ4n) is 2.44. The molecule has 3 heterocycles. The first-order valence-electron chi connectivity index (χ1n) is 5.81. The Morgan fingerprint density at radius 3 is 3.17 bits per heavy atom. The maximum absolute atomic E-state index is 6.13. The van der Waals surface area contributed by atoms with Gasteiger partial charge >= 0.3 is 0 Å². The van der Waals surface area contributed by atoms with Crippen LogP contribution >= 0.6 is 11.8 Å². The van der Waals surface area contributed by atoms with Crippen LogP contribution in [0.5, 0.6) is 0 Å². The molecule has 1 aromatic carbocycles. The number of para-hydroxylation sites is 1. The van der Waals surface area contributed by atoms with Crippen LogP contribution in [-0.4, -0.2) is 23.2 Å². The van der Waals surface area contributed by atoms with E-state index in [4.69, 9.17) is 11.3 Å². The lowest BCUT2D eigenvalue weighted by Gasteiger charge is -2.15. The lowest BCUT2D eigenvalue weighted by molar-refractivity contribution is 0.607. The molecule has 0 unspecified atom stereocenters. The van der Waals surface area contributed by atoms with Gasteiger partial charge in [0.15, 0.2) is 5.17 Å². The number of fused-ring (bicyclic) bond motifs is 2. The number of amidine groups is 1. The van der Waals surface area contributed by atoms with Gasteiger partial charge in [0.1, 0.15) is 11.8 Å². The van der Waals surface area contributed by atoms with Crippen LogP contribution in [0.3, 0.4) is 0 Å². The standard InChI is InChI=1S/C14H10N2OS/c1-9-13(16-7-6-15-14(16)18-9)11-8-17-12-5-3-2-4-10(11)12/h1-5,8H,6-7H2. The van der Waals surface area contributed by atoms with Gasteiger partial charge in [0.2, 0.25) is 0 Å². The molecule has 0 atom stereocenters. The Balaban J connectivity index is 1.93. The first-order chi connectivity index (χ1) is 8.84. The molecule has 4 heteroatoms. The third-order valence-electron chi connectivity index (χ3n) is 3.24. The van der Waals surface area contributed by atoms with Crippen molar-refractivity contribution in [1.29, 1.82) is 0 Å². The predicted octanol–water partition coefficient (Wildman–Crippen LogP) is 3.23. The van der Waals surface area contributed by atoms with Gasteiger partial charge in [0.05, 0.1) is 12.2 Å². The molecule has 2 aromatic rings. The quantitative estimate of drug-likeness (QED) is 0.782. The number of thioether (sulfide) groups is 1. The number of nitrogens with zero attached hydrogens (tertiary/aromatic N) is 2. The molecule has 0 saturated carbocycles. The second-order valence-electron chi connectivity index (χ2n) is 4.28. The van der Waals surface area contributed by atoms with E-state index in [0.29, 0.717) is 0 Å². The van der Waals surface area contributed by atoms with Crippen molar-refractivity contribution in [3.63, 3.8) is 0 Å². The highest BCUT2D eigenvalue weighted by Crippen LogP contribution is 2.43. The summed E-state index contributed by atoms with van der Waals surface area (Å²) in [5.41, 5.74) is 2.99. The number of furan rings is 1. The highest BCUT2D eigenvalue weighted by molar-refractivity contribution is 8.17. The normalized spacial score (nSPS) is 18.7. The minimum absolute atomic E-state index is 0.806. The number of hydrogen-bond acceptors (Lipinski definition) is 4. The molecule has 0 spiro atoms. The third kappa shape index (κ3) is 1.29. The van der Waals surface area contributed by atoms with Crippen molar-refractivity contribution in [2.75, 3.05) is 13.1 Å². The highest BCUT2D eigenvalue weighted by Gasteiger charge is 2.32. The van der Waals surface area contributed by atoms with Crippen molar-refractivity contribution in [2.24, 2.45) is 4.99 Å². The number of hydrogen-bond donors (Lipinski definition) is 0. The van der Waals surface area contributed by atoms with Crippen LogP contribution in [0.25, 0.3) is 16.7 Å². The molecule has 2 aliphatic heterocycles. The van der Waals surface area contributed by atoms with Crippen LogP contribution in [0.15, 0.2) is 44.8 Å². The van der Waals surface area contributed by atoms with Crippen molar-refractivity contribution in [3.8, 4) is 0 Å². The Morgan fingerprint density at radius 2 is 2.22 bits per heavy atom. The first-order valence-corrected chi connectivity index (χ1v) is 6.62. The van der Waals surface area contributed by atoms with Gasteiger partial charge in [-0.3, -0.25) is 4.99 Å². The largest absolute Gasteiger partial charge is 0.464 e. The molecule has 0 saturated heterocycles. The number of rotatable bonds is 1. The molecular formula is C14H10N2OS. The molecule has 2 radical (unpaired) electrons. The van der Waals surface area contributed by atoms with Crippen LogP contribution in [-0.2, 0) is 0 Å². The molecule has 0 N–H and O–H groups in total. The Bertz CT molecular complexity index is 699. The summed E-state index contributed by atoms with van der Waals surface area (Å²) in [5.74, 6) is 0. The molecule has 88 valence electrons. The zero-order valence-electron chi connectivity index (χ0n) is 9.59. The monoisotopic (exact) mass is 254 g/mol. The second-order valence-corrected chi connectivity index (χ2v) is 5.29. The molecule has 0 amide bonds. The zero-order valence-corrected chi connectivity index (χ0v) is 10.4. The summed E-state index contributed by atoms with van der Waals surface area (Å²) in [5, 5.41) is 2.11. The van der Waals surface area contributed by atoms with Crippen molar-refractivity contribution in [2.45, 2.75) is 0 Å². The predicted molar refractivity (Wildman–Crippen MR) is 74.0 cm³/mol. The van der Waals surface area contributed by atoms with E-state index in [-0.39, 0.29) is 0 Å². The van der Waals surface area contributed by atoms with Gasteiger partial charge in [-0.25, -0.2) is 0 Å². The van der Waals surface area contributed by atoms with Crippen LogP contribution in [0.4, 0.5) is 0 Å². The van der Waals surface area contributed by atoms with Gasteiger partial charge in [-0.05, 0) is 6.07 Å². The van der Waals surface area contributed by atoms with Crippen LogP contribution in [0, 0.1) is 6.92 Å². The van der Waals surface area contributed by atoms with E-state index in [1.807, 2.05) is 18.2 Å². The fourth-order valence-corrected chi connectivity index (χ4v) is 3.40. The van der Waals surface area contributed by atoms with Gasteiger partial charge in [0, 0.05) is 29.3 Å². The second kappa shape index (κ2) is 3.65. The Kier molecular flexibility index (Phi) is 2.08. The van der Waals surface area contributed by atoms with E-state index in [2.05, 4.69) is 16.0 Å². The summed E-state index contributed by atoms with van der Waals surface area (Å²) < 4.78 is 5.59. The van der Waals surface area contributed by atoms with Crippen molar-refractivity contribution in [1.82, 2.24) is 4.90 Å². The highest BCUT2D eigenvalue weighted by atomic mass is 32.2. The summed E-state index contributed by atoms with van der Waals surface area (Å²) in [7, 11) is 0. The average molecular weight is 254 g/mol. The van der Waals surface area contributed by atoms with Gasteiger partial charge in [-0.1, -0.05) is 30.0 Å². The van der Waals surface area contributed by atoms with E-state index < -0.39 is 0 Å². The van der Waals surface area contributed by atoms with Gasteiger partial charge < -0.3 is 9.32 Å². The molecule has 4 rings (SSSR count). The van der Waals surface area contributed by atoms with Crippen molar-refractivity contribution >= 4 is 33.6 Å². The maximum Gasteiger partial charge on any atom is 0.168 e.